The Labute approximate surface area is 116 Å². The number of primary amides is 1. The van der Waals surface area contributed by atoms with Crippen molar-refractivity contribution in [3.63, 3.8) is 0 Å². The molecule has 1 aromatic carbocycles. The van der Waals surface area contributed by atoms with E-state index in [0.29, 0.717) is 12.1 Å². The van der Waals surface area contributed by atoms with Gasteiger partial charge in [0, 0.05) is 10.2 Å². The van der Waals surface area contributed by atoms with Gasteiger partial charge in [-0.15, -0.1) is 0 Å². The van der Waals surface area contributed by atoms with Crippen LogP contribution in [0.5, 0.6) is 0 Å². The van der Waals surface area contributed by atoms with E-state index < -0.39 is 11.8 Å². The molecule has 3 nitrogen and oxygen atoms in total. The molecule has 0 saturated heterocycles. The minimum Gasteiger partial charge on any atom is -0.369 e. The van der Waals surface area contributed by atoms with Crippen molar-refractivity contribution in [2.75, 3.05) is 0 Å². The predicted molar refractivity (Wildman–Crippen MR) is 77.8 cm³/mol. The van der Waals surface area contributed by atoms with Crippen LogP contribution >= 0.6 is 15.9 Å². The zero-order chi connectivity index (χ0) is 13.9. The zero-order valence-electron chi connectivity index (χ0n) is 11.0. The molecule has 0 radical (unpaired) electrons. The summed E-state index contributed by atoms with van der Waals surface area (Å²) in [4.78, 5) is 11.5. The molecule has 0 fully saturated rings. The van der Waals surface area contributed by atoms with E-state index in [2.05, 4.69) is 15.9 Å². The lowest BCUT2D eigenvalue weighted by Gasteiger charge is -2.18. The van der Waals surface area contributed by atoms with Gasteiger partial charge in [0.15, 0.2) is 0 Å². The second-order valence-corrected chi connectivity index (χ2v) is 5.76. The van der Waals surface area contributed by atoms with Gasteiger partial charge in [0.2, 0.25) is 5.91 Å². The average Bonchev–Trinajstić information content (AvgIpc) is 2.26. The highest BCUT2D eigenvalue weighted by Crippen LogP contribution is 2.20. The Balaban J connectivity index is 2.97. The summed E-state index contributed by atoms with van der Waals surface area (Å²) in [5.41, 5.74) is 7.99. The molecule has 1 rings (SSSR count). The van der Waals surface area contributed by atoms with E-state index >= 15 is 0 Å². The van der Waals surface area contributed by atoms with Crippen molar-refractivity contribution < 1.29 is 4.79 Å². The van der Waals surface area contributed by atoms with Crippen LogP contribution in [-0.2, 0) is 11.2 Å². The number of benzene rings is 1. The molecule has 1 atom stereocenters. The highest BCUT2D eigenvalue weighted by atomic mass is 79.9. The lowest BCUT2D eigenvalue weighted by atomic mass is 9.87. The second kappa shape index (κ2) is 6.14. The Kier molecular flexibility index (Phi) is 5.08. The van der Waals surface area contributed by atoms with Crippen LogP contribution in [0, 0.1) is 24.2 Å². The first kappa shape index (κ1) is 14.9. The van der Waals surface area contributed by atoms with Crippen LogP contribution in [0.4, 0.5) is 0 Å². The van der Waals surface area contributed by atoms with Crippen molar-refractivity contribution in [2.24, 2.45) is 17.6 Å². The summed E-state index contributed by atoms with van der Waals surface area (Å²) >= 11 is 3.41. The average molecular weight is 311 g/mol. The summed E-state index contributed by atoms with van der Waals surface area (Å²) in [7, 11) is 0. The Bertz CT molecular complexity index is 469. The first-order valence-electron chi connectivity index (χ1n) is 5.95. The fraction of sp³-hybridized carbons (Fsp3) is 0.429. The number of nitrogens with two attached hydrogens (primary N) is 1. The third-order valence-electron chi connectivity index (χ3n) is 3.07. The third-order valence-corrected chi connectivity index (χ3v) is 3.56. The second-order valence-electron chi connectivity index (χ2n) is 4.84. The summed E-state index contributed by atoms with van der Waals surface area (Å²) in [5.74, 6) is -0.890. The topological polar surface area (TPSA) is 66.9 Å². The van der Waals surface area contributed by atoms with Crippen molar-refractivity contribution in [1.82, 2.24) is 0 Å². The van der Waals surface area contributed by atoms with E-state index in [-0.39, 0.29) is 5.92 Å². The van der Waals surface area contributed by atoms with Crippen LogP contribution in [0.15, 0.2) is 22.7 Å². The largest absolute Gasteiger partial charge is 0.369 e. The van der Waals surface area contributed by atoms with E-state index in [1.54, 1.807) is 0 Å². The monoisotopic (exact) mass is 310 g/mol. The zero-order valence-corrected chi connectivity index (χ0v) is 12.5. The lowest BCUT2D eigenvalue weighted by Crippen LogP contribution is -2.34. The molecule has 18 heavy (non-hydrogen) atoms. The highest BCUT2D eigenvalue weighted by molar-refractivity contribution is 9.10. The molecule has 0 aliphatic heterocycles. The first-order valence-corrected chi connectivity index (χ1v) is 6.75. The molecule has 3 N–H and O–H groups in total. The Hall–Kier alpha value is -1.16. The van der Waals surface area contributed by atoms with Gasteiger partial charge in [0.25, 0.3) is 0 Å². The number of hydrogen-bond donors (Lipinski definition) is 2. The van der Waals surface area contributed by atoms with E-state index in [9.17, 15) is 4.79 Å². The molecule has 0 aromatic heterocycles. The standard InChI is InChI=1S/C14H19BrN2O/c1-8(2)13(16)12(14(17)18)7-10-4-5-11(15)6-9(10)3/h4-6,8,12,16H,7H2,1-3H3,(H2,17,18). The number of carbonyl (C=O) groups is 1. The van der Waals surface area contributed by atoms with Gasteiger partial charge < -0.3 is 11.1 Å². The number of amides is 1. The predicted octanol–water partition coefficient (Wildman–Crippen LogP) is 3.08. The number of nitrogens with one attached hydrogen (secondary N) is 1. The fourth-order valence-corrected chi connectivity index (χ4v) is 2.35. The Morgan fingerprint density at radius 3 is 2.50 bits per heavy atom. The SMILES string of the molecule is Cc1cc(Br)ccc1CC(C(=N)C(C)C)C(N)=O. The van der Waals surface area contributed by atoms with Crippen molar-refractivity contribution in [1.29, 1.82) is 5.41 Å². The van der Waals surface area contributed by atoms with Crippen LogP contribution in [0.2, 0.25) is 0 Å². The van der Waals surface area contributed by atoms with Gasteiger partial charge in [-0.1, -0.05) is 35.8 Å². The van der Waals surface area contributed by atoms with Crippen LogP contribution in [-0.4, -0.2) is 11.6 Å². The summed E-state index contributed by atoms with van der Waals surface area (Å²) in [6, 6.07) is 5.93. The number of hydrogen-bond acceptors (Lipinski definition) is 2. The molecule has 0 bridgehead atoms. The van der Waals surface area contributed by atoms with Gasteiger partial charge in [-0.2, -0.15) is 0 Å². The van der Waals surface area contributed by atoms with Crippen LogP contribution in [0.1, 0.15) is 25.0 Å². The fourth-order valence-electron chi connectivity index (χ4n) is 1.87. The van der Waals surface area contributed by atoms with Crippen LogP contribution in [0.25, 0.3) is 0 Å². The summed E-state index contributed by atoms with van der Waals surface area (Å²) in [6.45, 7) is 5.82. The van der Waals surface area contributed by atoms with E-state index in [0.717, 1.165) is 15.6 Å². The normalized spacial score (nSPS) is 12.5. The quantitative estimate of drug-likeness (QED) is 0.806. The van der Waals surface area contributed by atoms with Crippen molar-refractivity contribution >= 4 is 27.5 Å². The van der Waals surface area contributed by atoms with Gasteiger partial charge in [0.1, 0.15) is 0 Å². The maximum Gasteiger partial charge on any atom is 0.226 e. The van der Waals surface area contributed by atoms with Gasteiger partial charge in [0.05, 0.1) is 5.92 Å². The molecule has 0 heterocycles. The molecule has 0 aliphatic rings. The van der Waals surface area contributed by atoms with Gasteiger partial charge in [-0.05, 0) is 42.5 Å². The van der Waals surface area contributed by atoms with Gasteiger partial charge >= 0.3 is 0 Å². The molecule has 98 valence electrons. The van der Waals surface area contributed by atoms with Crippen LogP contribution in [0.3, 0.4) is 0 Å². The molecule has 4 heteroatoms. The summed E-state index contributed by atoms with van der Waals surface area (Å²) in [6.07, 6.45) is 0.505. The summed E-state index contributed by atoms with van der Waals surface area (Å²) in [5, 5.41) is 7.98. The van der Waals surface area contributed by atoms with E-state index in [1.165, 1.54) is 0 Å². The minimum atomic E-state index is -0.509. The molecule has 1 aromatic rings. The van der Waals surface area contributed by atoms with E-state index in [1.807, 2.05) is 39.0 Å². The van der Waals surface area contributed by atoms with Gasteiger partial charge in [-0.3, -0.25) is 4.79 Å². The number of halogens is 1. The molecular weight excluding hydrogens is 292 g/mol. The van der Waals surface area contributed by atoms with Crippen molar-refractivity contribution in [3.05, 3.63) is 33.8 Å². The van der Waals surface area contributed by atoms with Gasteiger partial charge in [-0.25, -0.2) is 0 Å². The molecule has 0 aliphatic carbocycles. The molecule has 1 unspecified atom stereocenters. The molecule has 0 spiro atoms. The van der Waals surface area contributed by atoms with Crippen molar-refractivity contribution in [3.8, 4) is 0 Å². The maximum atomic E-state index is 11.5. The molecule has 1 amide bonds. The van der Waals surface area contributed by atoms with Crippen molar-refractivity contribution in [2.45, 2.75) is 27.2 Å². The number of aryl methyl sites for hydroxylation is 1. The minimum absolute atomic E-state index is 0.0401. The van der Waals surface area contributed by atoms with Crippen LogP contribution < -0.4 is 5.73 Å². The molecular formula is C14H19BrN2O. The smallest absolute Gasteiger partial charge is 0.226 e. The van der Waals surface area contributed by atoms with E-state index in [4.69, 9.17) is 11.1 Å². The Morgan fingerprint density at radius 1 is 1.44 bits per heavy atom. The first-order chi connectivity index (χ1) is 8.32. The highest BCUT2D eigenvalue weighted by Gasteiger charge is 2.23. The summed E-state index contributed by atoms with van der Waals surface area (Å²) < 4.78 is 1.01. The maximum absolute atomic E-state index is 11.5. The lowest BCUT2D eigenvalue weighted by molar-refractivity contribution is -0.119. The Morgan fingerprint density at radius 2 is 2.06 bits per heavy atom. The number of carbonyl (C=O) groups excluding carboxylic acids is 1. The third kappa shape index (κ3) is 3.67. The number of rotatable bonds is 5. The molecule has 0 saturated carbocycles.